The highest BCUT2D eigenvalue weighted by Gasteiger charge is 2.35. The van der Waals surface area contributed by atoms with Crippen LogP contribution in [0.3, 0.4) is 0 Å². The van der Waals surface area contributed by atoms with Crippen molar-refractivity contribution >= 4 is 33.6 Å². The maximum Gasteiger partial charge on any atom is 0.235 e. The normalized spacial score (nSPS) is 16.7. The lowest BCUT2D eigenvalue weighted by Gasteiger charge is -2.29. The minimum atomic E-state index is -0.274. The Morgan fingerprint density at radius 3 is 2.00 bits per heavy atom. The molecule has 1 saturated heterocycles. The van der Waals surface area contributed by atoms with Crippen LogP contribution in [0.4, 0.5) is 0 Å². The van der Waals surface area contributed by atoms with E-state index in [4.69, 9.17) is 0 Å². The van der Waals surface area contributed by atoms with Crippen molar-refractivity contribution in [1.82, 2.24) is 4.90 Å². The van der Waals surface area contributed by atoms with Crippen LogP contribution in [0.2, 0.25) is 0 Å². The highest BCUT2D eigenvalue weighted by molar-refractivity contribution is 9.10. The second-order valence-corrected chi connectivity index (χ2v) is 8.66. The fourth-order valence-corrected chi connectivity index (χ4v) is 5.06. The second-order valence-electron chi connectivity index (χ2n) is 6.56. The van der Waals surface area contributed by atoms with E-state index in [1.807, 2.05) is 89.5 Å². The Morgan fingerprint density at radius 1 is 0.889 bits per heavy atom. The molecule has 1 atom stereocenters. The van der Waals surface area contributed by atoms with E-state index >= 15 is 0 Å². The van der Waals surface area contributed by atoms with Gasteiger partial charge >= 0.3 is 0 Å². The fraction of sp³-hybridized carbons (Fsp3) is 0.174. The van der Waals surface area contributed by atoms with Crippen molar-refractivity contribution in [3.8, 4) is 0 Å². The summed E-state index contributed by atoms with van der Waals surface area (Å²) < 4.78 is 1.05. The van der Waals surface area contributed by atoms with Gasteiger partial charge in [0.05, 0.1) is 5.92 Å². The first-order valence-electron chi connectivity index (χ1n) is 9.01. The van der Waals surface area contributed by atoms with Crippen LogP contribution >= 0.6 is 27.7 Å². The molecule has 0 radical (unpaired) electrons. The molecule has 136 valence electrons. The lowest BCUT2D eigenvalue weighted by molar-refractivity contribution is -0.132. The van der Waals surface area contributed by atoms with Crippen LogP contribution < -0.4 is 0 Å². The summed E-state index contributed by atoms with van der Waals surface area (Å²) in [6.45, 7) is 0.778. The molecule has 2 nitrogen and oxygen atoms in total. The highest BCUT2D eigenvalue weighted by atomic mass is 79.9. The van der Waals surface area contributed by atoms with E-state index in [-0.39, 0.29) is 17.2 Å². The molecule has 1 unspecified atom stereocenters. The molecule has 3 aromatic carbocycles. The molecule has 0 N–H and O–H groups in total. The number of hydrogen-bond acceptors (Lipinski definition) is 2. The predicted molar refractivity (Wildman–Crippen MR) is 116 cm³/mol. The van der Waals surface area contributed by atoms with E-state index in [9.17, 15) is 4.79 Å². The minimum absolute atomic E-state index is 0.0699. The standard InChI is InChI=1S/C23H20BrNOS/c24-20-13-11-19(12-14-20)23-25(15-16-27-23)22(26)21(17-7-3-1-4-8-17)18-9-5-2-6-10-18/h1-14,21,23H,15-16H2. The van der Waals surface area contributed by atoms with E-state index in [0.29, 0.717) is 0 Å². The number of thioether (sulfide) groups is 1. The second kappa shape index (κ2) is 8.32. The fourth-order valence-electron chi connectivity index (χ4n) is 3.53. The van der Waals surface area contributed by atoms with Gasteiger partial charge in [-0.05, 0) is 28.8 Å². The molecule has 1 fully saturated rings. The molecule has 1 aliphatic rings. The summed E-state index contributed by atoms with van der Waals surface area (Å²) in [6.07, 6.45) is 0. The topological polar surface area (TPSA) is 20.3 Å². The molecule has 0 spiro atoms. The average molecular weight is 438 g/mol. The third-order valence-corrected chi connectivity index (χ3v) is 6.63. The predicted octanol–water partition coefficient (Wildman–Crippen LogP) is 5.86. The van der Waals surface area contributed by atoms with Crippen molar-refractivity contribution in [1.29, 1.82) is 0 Å². The molecular formula is C23H20BrNOS. The SMILES string of the molecule is O=C(C(c1ccccc1)c1ccccc1)N1CCSC1c1ccc(Br)cc1. The van der Waals surface area contributed by atoms with E-state index in [1.54, 1.807) is 0 Å². The van der Waals surface area contributed by atoms with Gasteiger partial charge in [0.25, 0.3) is 0 Å². The number of benzene rings is 3. The van der Waals surface area contributed by atoms with Crippen LogP contribution in [-0.4, -0.2) is 23.1 Å². The number of amides is 1. The Hall–Kier alpha value is -2.04. The third kappa shape index (κ3) is 3.97. The van der Waals surface area contributed by atoms with E-state index in [0.717, 1.165) is 27.9 Å². The van der Waals surface area contributed by atoms with Gasteiger partial charge in [0.2, 0.25) is 5.91 Å². The van der Waals surface area contributed by atoms with Gasteiger partial charge in [-0.1, -0.05) is 88.7 Å². The summed E-state index contributed by atoms with van der Waals surface area (Å²) in [6, 6.07) is 28.5. The molecule has 1 amide bonds. The quantitative estimate of drug-likeness (QED) is 0.509. The van der Waals surface area contributed by atoms with Gasteiger partial charge in [-0.3, -0.25) is 4.79 Å². The Balaban J connectivity index is 1.69. The molecule has 0 aromatic heterocycles. The third-order valence-electron chi connectivity index (χ3n) is 4.84. The van der Waals surface area contributed by atoms with Crippen LogP contribution in [0.15, 0.2) is 89.4 Å². The summed E-state index contributed by atoms with van der Waals surface area (Å²) in [5, 5.41) is 0.0699. The Kier molecular flexibility index (Phi) is 5.65. The first kappa shape index (κ1) is 18.3. The summed E-state index contributed by atoms with van der Waals surface area (Å²) in [5.41, 5.74) is 3.26. The zero-order valence-electron chi connectivity index (χ0n) is 14.8. The lowest BCUT2D eigenvalue weighted by atomic mass is 9.90. The summed E-state index contributed by atoms with van der Waals surface area (Å²) in [4.78, 5) is 15.7. The van der Waals surface area contributed by atoms with Gasteiger partial charge in [-0.2, -0.15) is 0 Å². The first-order chi connectivity index (χ1) is 13.2. The van der Waals surface area contributed by atoms with Gasteiger partial charge in [0.15, 0.2) is 0 Å². The molecule has 1 aliphatic heterocycles. The zero-order chi connectivity index (χ0) is 18.6. The van der Waals surface area contributed by atoms with Crippen LogP contribution in [-0.2, 0) is 4.79 Å². The van der Waals surface area contributed by atoms with Crippen LogP contribution in [0.1, 0.15) is 28.0 Å². The summed E-state index contributed by atoms with van der Waals surface area (Å²) >= 11 is 5.33. The van der Waals surface area contributed by atoms with Crippen LogP contribution in [0.5, 0.6) is 0 Å². The lowest BCUT2D eigenvalue weighted by Crippen LogP contribution is -2.35. The molecule has 0 aliphatic carbocycles. The van der Waals surface area contributed by atoms with Crippen molar-refractivity contribution in [2.24, 2.45) is 0 Å². The van der Waals surface area contributed by atoms with Gasteiger partial charge in [0.1, 0.15) is 5.37 Å². The number of halogens is 1. The van der Waals surface area contributed by atoms with Crippen LogP contribution in [0.25, 0.3) is 0 Å². The van der Waals surface area contributed by atoms with Crippen molar-refractivity contribution in [3.05, 3.63) is 106 Å². The van der Waals surface area contributed by atoms with Crippen molar-refractivity contribution in [2.45, 2.75) is 11.3 Å². The number of carbonyl (C=O) groups is 1. The molecule has 0 bridgehead atoms. The van der Waals surface area contributed by atoms with Crippen molar-refractivity contribution in [2.75, 3.05) is 12.3 Å². The van der Waals surface area contributed by atoms with Gasteiger partial charge in [-0.15, -0.1) is 11.8 Å². The summed E-state index contributed by atoms with van der Waals surface area (Å²) in [5.74, 6) is 0.859. The monoisotopic (exact) mass is 437 g/mol. The number of hydrogen-bond donors (Lipinski definition) is 0. The maximum atomic E-state index is 13.7. The molecule has 0 saturated carbocycles. The Morgan fingerprint density at radius 2 is 1.44 bits per heavy atom. The van der Waals surface area contributed by atoms with Gasteiger partial charge < -0.3 is 4.90 Å². The van der Waals surface area contributed by atoms with E-state index < -0.39 is 0 Å². The minimum Gasteiger partial charge on any atom is -0.325 e. The number of carbonyl (C=O) groups excluding carboxylic acids is 1. The van der Waals surface area contributed by atoms with Gasteiger partial charge in [-0.25, -0.2) is 0 Å². The molecule has 3 aromatic rings. The van der Waals surface area contributed by atoms with E-state index in [1.165, 1.54) is 5.56 Å². The van der Waals surface area contributed by atoms with Gasteiger partial charge in [0, 0.05) is 16.8 Å². The number of rotatable bonds is 4. The Bertz CT molecular complexity index is 859. The average Bonchev–Trinajstić information content (AvgIpc) is 3.20. The van der Waals surface area contributed by atoms with Crippen molar-refractivity contribution < 1.29 is 4.79 Å². The van der Waals surface area contributed by atoms with E-state index in [2.05, 4.69) is 28.1 Å². The molecule has 1 heterocycles. The molecule has 4 rings (SSSR count). The number of nitrogens with zero attached hydrogens (tertiary/aromatic N) is 1. The molecular weight excluding hydrogens is 418 g/mol. The van der Waals surface area contributed by atoms with Crippen LogP contribution in [0, 0.1) is 0 Å². The zero-order valence-corrected chi connectivity index (χ0v) is 17.2. The Labute approximate surface area is 172 Å². The molecule has 27 heavy (non-hydrogen) atoms. The maximum absolute atomic E-state index is 13.7. The largest absolute Gasteiger partial charge is 0.325 e. The highest BCUT2D eigenvalue weighted by Crippen LogP contribution is 2.41. The van der Waals surface area contributed by atoms with Crippen molar-refractivity contribution in [3.63, 3.8) is 0 Å². The first-order valence-corrected chi connectivity index (χ1v) is 10.9. The molecule has 4 heteroatoms. The smallest absolute Gasteiger partial charge is 0.235 e. The summed E-state index contributed by atoms with van der Waals surface area (Å²) in [7, 11) is 0.